The Morgan fingerprint density at radius 1 is 1.57 bits per heavy atom. The van der Waals surface area contributed by atoms with Crippen molar-refractivity contribution in [3.63, 3.8) is 0 Å². The molecular formula is C10H10N2O2. The molecule has 0 aliphatic heterocycles. The van der Waals surface area contributed by atoms with Gasteiger partial charge < -0.3 is 9.30 Å². The molecule has 0 amide bonds. The van der Waals surface area contributed by atoms with Gasteiger partial charge in [0.05, 0.1) is 13.3 Å². The Hall–Kier alpha value is -1.84. The van der Waals surface area contributed by atoms with Gasteiger partial charge in [-0.3, -0.25) is 4.79 Å². The first kappa shape index (κ1) is 8.74. The van der Waals surface area contributed by atoms with Gasteiger partial charge in [0.2, 0.25) is 0 Å². The lowest BCUT2D eigenvalue weighted by Crippen LogP contribution is -1.88. The van der Waals surface area contributed by atoms with E-state index < -0.39 is 0 Å². The van der Waals surface area contributed by atoms with Crippen molar-refractivity contribution >= 4 is 17.3 Å². The molecule has 0 bridgehead atoms. The van der Waals surface area contributed by atoms with E-state index in [-0.39, 0.29) is 0 Å². The third-order valence-electron chi connectivity index (χ3n) is 2.18. The summed E-state index contributed by atoms with van der Waals surface area (Å²) in [5.74, 6) is 0.659. The van der Waals surface area contributed by atoms with Gasteiger partial charge >= 0.3 is 0 Å². The molecule has 2 heterocycles. The molecule has 0 aliphatic rings. The number of nitrogens with zero attached hydrogens (tertiary/aromatic N) is 2. The first-order chi connectivity index (χ1) is 6.76. The molecule has 0 unspecified atom stereocenters. The Balaban J connectivity index is 2.77. The second-order valence-corrected chi connectivity index (χ2v) is 3.06. The monoisotopic (exact) mass is 190 g/mol. The van der Waals surface area contributed by atoms with Crippen molar-refractivity contribution in [2.75, 3.05) is 7.11 Å². The molecule has 0 fully saturated rings. The van der Waals surface area contributed by atoms with E-state index in [1.807, 2.05) is 17.7 Å². The molecule has 2 rings (SSSR count). The zero-order valence-corrected chi connectivity index (χ0v) is 8.02. The number of hydrogen-bond donors (Lipinski definition) is 0. The normalized spacial score (nSPS) is 10.4. The minimum Gasteiger partial charge on any atom is -0.495 e. The van der Waals surface area contributed by atoms with E-state index in [2.05, 4.69) is 4.98 Å². The summed E-state index contributed by atoms with van der Waals surface area (Å²) in [6.45, 7) is 0. The van der Waals surface area contributed by atoms with Crippen LogP contribution in [0.25, 0.3) is 11.0 Å². The number of aryl methyl sites for hydroxylation is 1. The van der Waals surface area contributed by atoms with Crippen LogP contribution in [0, 0.1) is 0 Å². The van der Waals surface area contributed by atoms with Gasteiger partial charge in [-0.25, -0.2) is 4.98 Å². The molecule has 0 saturated carbocycles. The number of pyridine rings is 1. The van der Waals surface area contributed by atoms with Crippen molar-refractivity contribution < 1.29 is 9.53 Å². The van der Waals surface area contributed by atoms with E-state index >= 15 is 0 Å². The van der Waals surface area contributed by atoms with E-state index in [1.54, 1.807) is 19.5 Å². The Morgan fingerprint density at radius 2 is 2.36 bits per heavy atom. The predicted molar refractivity (Wildman–Crippen MR) is 52.7 cm³/mol. The van der Waals surface area contributed by atoms with Crippen LogP contribution in [-0.4, -0.2) is 22.9 Å². The molecule has 0 N–H and O–H groups in total. The zero-order chi connectivity index (χ0) is 10.1. The lowest BCUT2D eigenvalue weighted by Gasteiger charge is -1.99. The number of carbonyl (C=O) groups excluding carboxylic acids is 1. The van der Waals surface area contributed by atoms with E-state index in [1.165, 1.54) is 0 Å². The van der Waals surface area contributed by atoms with Crippen molar-refractivity contribution in [3.8, 4) is 5.75 Å². The van der Waals surface area contributed by atoms with Gasteiger partial charge in [0.1, 0.15) is 11.4 Å². The molecule has 0 atom stereocenters. The highest BCUT2D eigenvalue weighted by Gasteiger charge is 2.07. The van der Waals surface area contributed by atoms with E-state index in [9.17, 15) is 4.79 Å². The van der Waals surface area contributed by atoms with Gasteiger partial charge in [-0.05, 0) is 6.07 Å². The van der Waals surface area contributed by atoms with Crippen molar-refractivity contribution in [1.82, 2.24) is 9.55 Å². The lowest BCUT2D eigenvalue weighted by molar-refractivity contribution is 0.112. The summed E-state index contributed by atoms with van der Waals surface area (Å²) in [5.41, 5.74) is 1.42. The molecule has 4 heteroatoms. The van der Waals surface area contributed by atoms with Crippen LogP contribution < -0.4 is 4.74 Å². The van der Waals surface area contributed by atoms with Crippen LogP contribution in [0.15, 0.2) is 18.5 Å². The summed E-state index contributed by atoms with van der Waals surface area (Å²) < 4.78 is 6.86. The molecule has 0 saturated heterocycles. The van der Waals surface area contributed by atoms with Gasteiger partial charge in [0.15, 0.2) is 6.29 Å². The summed E-state index contributed by atoms with van der Waals surface area (Å²) in [4.78, 5) is 15.0. The average Bonchev–Trinajstić information content (AvgIpc) is 2.55. The first-order valence-corrected chi connectivity index (χ1v) is 4.20. The summed E-state index contributed by atoms with van der Waals surface area (Å²) in [5, 5.41) is 0.821. The fourth-order valence-electron chi connectivity index (χ4n) is 1.48. The van der Waals surface area contributed by atoms with Crippen molar-refractivity contribution in [1.29, 1.82) is 0 Å². The number of hydrogen-bond acceptors (Lipinski definition) is 3. The van der Waals surface area contributed by atoms with E-state index in [4.69, 9.17) is 4.74 Å². The van der Waals surface area contributed by atoms with Crippen LogP contribution in [0.1, 0.15) is 10.4 Å². The van der Waals surface area contributed by atoms with Gasteiger partial charge in [-0.2, -0.15) is 0 Å². The van der Waals surface area contributed by atoms with Crippen LogP contribution >= 0.6 is 0 Å². The first-order valence-electron chi connectivity index (χ1n) is 4.20. The molecule has 2 aromatic rings. The topological polar surface area (TPSA) is 44.1 Å². The van der Waals surface area contributed by atoms with Crippen LogP contribution in [0.5, 0.6) is 5.75 Å². The molecule has 72 valence electrons. The smallest absolute Gasteiger partial charge is 0.152 e. The van der Waals surface area contributed by atoms with E-state index in [0.29, 0.717) is 11.3 Å². The SMILES string of the molecule is COc1cnc2c(c1)c(C=O)cn2C. The number of rotatable bonds is 2. The van der Waals surface area contributed by atoms with Gasteiger partial charge in [-0.15, -0.1) is 0 Å². The molecule has 14 heavy (non-hydrogen) atoms. The lowest BCUT2D eigenvalue weighted by atomic mass is 10.2. The quantitative estimate of drug-likeness (QED) is 0.672. The van der Waals surface area contributed by atoms with E-state index in [0.717, 1.165) is 17.3 Å². The van der Waals surface area contributed by atoms with Crippen molar-refractivity contribution in [3.05, 3.63) is 24.0 Å². The number of aldehydes is 1. The number of fused-ring (bicyclic) bond motifs is 1. The molecule has 2 aromatic heterocycles. The predicted octanol–water partition coefficient (Wildman–Crippen LogP) is 1.39. The second-order valence-electron chi connectivity index (χ2n) is 3.06. The molecule has 0 aromatic carbocycles. The Labute approximate surface area is 81.1 Å². The zero-order valence-electron chi connectivity index (χ0n) is 8.02. The highest BCUT2D eigenvalue weighted by Crippen LogP contribution is 2.21. The minimum atomic E-state index is 0.633. The summed E-state index contributed by atoms with van der Waals surface area (Å²) in [6, 6.07) is 1.81. The number of aromatic nitrogens is 2. The van der Waals surface area contributed by atoms with Crippen LogP contribution in [-0.2, 0) is 7.05 Å². The van der Waals surface area contributed by atoms with Gasteiger partial charge in [0.25, 0.3) is 0 Å². The highest BCUT2D eigenvalue weighted by atomic mass is 16.5. The standard InChI is InChI=1S/C10H10N2O2/c1-12-5-7(6-13)9-3-8(14-2)4-11-10(9)12/h3-6H,1-2H3. The Bertz CT molecular complexity index is 488. The molecule has 4 nitrogen and oxygen atoms in total. The highest BCUT2D eigenvalue weighted by molar-refractivity contribution is 5.96. The van der Waals surface area contributed by atoms with Crippen LogP contribution in [0.4, 0.5) is 0 Å². The van der Waals surface area contributed by atoms with Crippen LogP contribution in [0.2, 0.25) is 0 Å². The maximum Gasteiger partial charge on any atom is 0.152 e. The summed E-state index contributed by atoms with van der Waals surface area (Å²) >= 11 is 0. The number of ether oxygens (including phenoxy) is 1. The molecular weight excluding hydrogens is 180 g/mol. The molecule has 0 radical (unpaired) electrons. The maximum absolute atomic E-state index is 10.8. The Kier molecular flexibility index (Phi) is 1.96. The maximum atomic E-state index is 10.8. The fourth-order valence-corrected chi connectivity index (χ4v) is 1.48. The third-order valence-corrected chi connectivity index (χ3v) is 2.18. The second kappa shape index (κ2) is 3.14. The summed E-state index contributed by atoms with van der Waals surface area (Å²) in [7, 11) is 3.43. The van der Waals surface area contributed by atoms with Gasteiger partial charge in [0, 0.05) is 24.2 Å². The summed E-state index contributed by atoms with van der Waals surface area (Å²) in [6.07, 6.45) is 4.21. The number of methoxy groups -OCH3 is 1. The molecule has 0 spiro atoms. The van der Waals surface area contributed by atoms with Crippen LogP contribution in [0.3, 0.4) is 0 Å². The molecule has 0 aliphatic carbocycles. The van der Waals surface area contributed by atoms with Crippen molar-refractivity contribution in [2.24, 2.45) is 7.05 Å². The number of carbonyl (C=O) groups is 1. The van der Waals surface area contributed by atoms with Gasteiger partial charge in [-0.1, -0.05) is 0 Å². The minimum absolute atomic E-state index is 0.633. The van der Waals surface area contributed by atoms with Crippen molar-refractivity contribution in [2.45, 2.75) is 0 Å². The fraction of sp³-hybridized carbons (Fsp3) is 0.200. The largest absolute Gasteiger partial charge is 0.495 e. The average molecular weight is 190 g/mol. The Morgan fingerprint density at radius 3 is 3.00 bits per heavy atom. The third kappa shape index (κ3) is 1.16.